The quantitative estimate of drug-likeness (QED) is 0.302. The Balaban J connectivity index is 1.28. The molecule has 34 heavy (non-hydrogen) atoms. The number of aryl methyl sites for hydroxylation is 2. The Morgan fingerprint density at radius 1 is 1.03 bits per heavy atom. The number of nitrogens with one attached hydrogen (secondary N) is 2. The standard InChI is InChI=1S/C24H21Cl2N7O/c1-14-7-18(32-31-14)8-15-3-5-20-21(10-15)33(2)23(30-20)27-11-16-4-6-22(19(26)9-16)34-24-28-12-17(25)13-29-24/h3-7,9-10,12-13H,8,11H2,1-2H3,(H,27,30)(H,31,32). The number of hydrogen-bond acceptors (Lipinski definition) is 6. The SMILES string of the molecule is Cc1cc(Cc2ccc3nc(NCc4ccc(Oc5ncc(Cl)cn5)c(Cl)c4)n(C)c3c2)n[nH]1. The molecular formula is C24H21Cl2N7O. The maximum Gasteiger partial charge on any atom is 0.322 e. The van der Waals surface area contributed by atoms with Crippen LogP contribution in [-0.4, -0.2) is 29.7 Å². The van der Waals surface area contributed by atoms with Gasteiger partial charge in [0.25, 0.3) is 0 Å². The van der Waals surface area contributed by atoms with Crippen LogP contribution in [0.2, 0.25) is 10.0 Å². The van der Waals surface area contributed by atoms with E-state index in [4.69, 9.17) is 32.9 Å². The lowest BCUT2D eigenvalue weighted by molar-refractivity contribution is 0.442. The monoisotopic (exact) mass is 493 g/mol. The van der Waals surface area contributed by atoms with Crippen molar-refractivity contribution in [2.75, 3.05) is 5.32 Å². The van der Waals surface area contributed by atoms with Gasteiger partial charge >= 0.3 is 6.01 Å². The molecule has 5 rings (SSSR count). The fourth-order valence-corrected chi connectivity index (χ4v) is 3.99. The Morgan fingerprint density at radius 2 is 1.82 bits per heavy atom. The van der Waals surface area contributed by atoms with Crippen LogP contribution in [-0.2, 0) is 20.0 Å². The summed E-state index contributed by atoms with van der Waals surface area (Å²) in [6.45, 7) is 2.55. The third kappa shape index (κ3) is 4.83. The lowest BCUT2D eigenvalue weighted by atomic mass is 10.1. The third-order valence-corrected chi connectivity index (χ3v) is 5.82. The molecule has 2 N–H and O–H groups in total. The minimum Gasteiger partial charge on any atom is -0.423 e. The fourth-order valence-electron chi connectivity index (χ4n) is 3.65. The van der Waals surface area contributed by atoms with Crippen molar-refractivity contribution < 1.29 is 4.74 Å². The zero-order chi connectivity index (χ0) is 23.7. The molecule has 8 nitrogen and oxygen atoms in total. The van der Waals surface area contributed by atoms with Crippen LogP contribution in [0.4, 0.5) is 5.95 Å². The molecule has 0 spiro atoms. The molecule has 5 aromatic rings. The highest BCUT2D eigenvalue weighted by Crippen LogP contribution is 2.29. The Morgan fingerprint density at radius 3 is 2.56 bits per heavy atom. The maximum atomic E-state index is 6.41. The second-order valence-corrected chi connectivity index (χ2v) is 8.78. The summed E-state index contributed by atoms with van der Waals surface area (Å²) in [5, 5.41) is 11.6. The lowest BCUT2D eigenvalue weighted by Gasteiger charge is -2.09. The summed E-state index contributed by atoms with van der Waals surface area (Å²) < 4.78 is 7.69. The van der Waals surface area contributed by atoms with E-state index in [-0.39, 0.29) is 6.01 Å². The number of imidazole rings is 1. The molecule has 0 unspecified atom stereocenters. The number of ether oxygens (including phenoxy) is 1. The van der Waals surface area contributed by atoms with Gasteiger partial charge in [-0.2, -0.15) is 5.10 Å². The van der Waals surface area contributed by atoms with Crippen molar-refractivity contribution in [3.05, 3.63) is 87.4 Å². The number of rotatable bonds is 7. The molecule has 0 atom stereocenters. The van der Waals surface area contributed by atoms with Crippen LogP contribution in [0.1, 0.15) is 22.5 Å². The second kappa shape index (κ2) is 9.32. The summed E-state index contributed by atoms with van der Waals surface area (Å²) >= 11 is 12.2. The molecule has 0 saturated carbocycles. The number of benzene rings is 2. The number of H-pyrrole nitrogens is 1. The van der Waals surface area contributed by atoms with Gasteiger partial charge in [-0.05, 0) is 48.4 Å². The smallest absolute Gasteiger partial charge is 0.322 e. The van der Waals surface area contributed by atoms with Crippen molar-refractivity contribution in [3.63, 3.8) is 0 Å². The van der Waals surface area contributed by atoms with E-state index < -0.39 is 0 Å². The van der Waals surface area contributed by atoms with Crippen LogP contribution in [0.15, 0.2) is 54.9 Å². The molecule has 0 aliphatic heterocycles. The summed E-state index contributed by atoms with van der Waals surface area (Å²) in [4.78, 5) is 12.8. The normalized spacial score (nSPS) is 11.2. The number of fused-ring (bicyclic) bond motifs is 1. The maximum absolute atomic E-state index is 6.41. The van der Waals surface area contributed by atoms with Crippen LogP contribution in [0, 0.1) is 6.92 Å². The summed E-state index contributed by atoms with van der Waals surface area (Å²) in [6, 6.07) is 14.1. The Labute approximate surface area is 205 Å². The Bertz CT molecular complexity index is 1460. The van der Waals surface area contributed by atoms with E-state index in [1.165, 1.54) is 18.0 Å². The first-order valence-corrected chi connectivity index (χ1v) is 11.3. The largest absolute Gasteiger partial charge is 0.423 e. The molecule has 0 amide bonds. The van der Waals surface area contributed by atoms with Crippen molar-refractivity contribution >= 4 is 40.2 Å². The third-order valence-electron chi connectivity index (χ3n) is 5.33. The molecule has 3 aromatic heterocycles. The number of nitrogens with zero attached hydrogens (tertiary/aromatic N) is 5. The van der Waals surface area contributed by atoms with Crippen LogP contribution >= 0.6 is 23.2 Å². The number of halogens is 2. The second-order valence-electron chi connectivity index (χ2n) is 7.94. The molecule has 172 valence electrons. The van der Waals surface area contributed by atoms with Crippen molar-refractivity contribution in [2.45, 2.75) is 19.9 Å². The Kier molecular flexibility index (Phi) is 6.08. The lowest BCUT2D eigenvalue weighted by Crippen LogP contribution is -2.05. The van der Waals surface area contributed by atoms with Gasteiger partial charge < -0.3 is 14.6 Å². The van der Waals surface area contributed by atoms with Crippen LogP contribution in [0.25, 0.3) is 11.0 Å². The number of anilines is 1. The van der Waals surface area contributed by atoms with Crippen LogP contribution in [0.3, 0.4) is 0 Å². The minimum atomic E-state index is 0.179. The summed E-state index contributed by atoms with van der Waals surface area (Å²) in [5.74, 6) is 1.24. The van der Waals surface area contributed by atoms with E-state index in [0.29, 0.717) is 22.3 Å². The van der Waals surface area contributed by atoms with Crippen molar-refractivity contribution in [1.29, 1.82) is 0 Å². The van der Waals surface area contributed by atoms with Crippen LogP contribution in [0.5, 0.6) is 11.8 Å². The summed E-state index contributed by atoms with van der Waals surface area (Å²) in [5.41, 5.74) is 6.22. The number of aromatic nitrogens is 6. The van der Waals surface area contributed by atoms with E-state index in [0.717, 1.165) is 40.4 Å². The van der Waals surface area contributed by atoms with Gasteiger partial charge in [0.2, 0.25) is 5.95 Å². The highest BCUT2D eigenvalue weighted by Gasteiger charge is 2.11. The zero-order valence-electron chi connectivity index (χ0n) is 18.5. The molecule has 0 radical (unpaired) electrons. The highest BCUT2D eigenvalue weighted by atomic mass is 35.5. The van der Waals surface area contributed by atoms with E-state index in [9.17, 15) is 0 Å². The molecule has 0 saturated heterocycles. The van der Waals surface area contributed by atoms with Crippen molar-refractivity contribution in [3.8, 4) is 11.8 Å². The van der Waals surface area contributed by atoms with Gasteiger partial charge in [-0.1, -0.05) is 35.3 Å². The van der Waals surface area contributed by atoms with Gasteiger partial charge in [-0.3, -0.25) is 5.10 Å². The van der Waals surface area contributed by atoms with Gasteiger partial charge in [0, 0.05) is 25.7 Å². The molecular weight excluding hydrogens is 473 g/mol. The van der Waals surface area contributed by atoms with Crippen LogP contribution < -0.4 is 10.1 Å². The molecule has 0 fully saturated rings. The topological polar surface area (TPSA) is 93.5 Å². The highest BCUT2D eigenvalue weighted by molar-refractivity contribution is 6.32. The predicted molar refractivity (Wildman–Crippen MR) is 133 cm³/mol. The first-order valence-electron chi connectivity index (χ1n) is 10.6. The first kappa shape index (κ1) is 22.2. The Hall–Kier alpha value is -3.62. The molecule has 10 heteroatoms. The van der Waals surface area contributed by atoms with Gasteiger partial charge in [0.15, 0.2) is 0 Å². The average Bonchev–Trinajstić information content (AvgIpc) is 3.37. The zero-order valence-corrected chi connectivity index (χ0v) is 20.0. The number of hydrogen-bond donors (Lipinski definition) is 2. The van der Waals surface area contributed by atoms with E-state index in [1.54, 1.807) is 6.07 Å². The minimum absolute atomic E-state index is 0.179. The van der Waals surface area contributed by atoms with Gasteiger partial charge in [0.05, 0.1) is 39.2 Å². The summed E-state index contributed by atoms with van der Waals surface area (Å²) in [7, 11) is 2.00. The van der Waals surface area contributed by atoms with Crippen molar-refractivity contribution in [2.24, 2.45) is 7.05 Å². The van der Waals surface area contributed by atoms with E-state index in [2.05, 4.69) is 43.7 Å². The molecule has 0 bridgehead atoms. The average molecular weight is 494 g/mol. The van der Waals surface area contributed by atoms with E-state index >= 15 is 0 Å². The van der Waals surface area contributed by atoms with Gasteiger partial charge in [-0.15, -0.1) is 0 Å². The fraction of sp³-hybridized carbons (Fsp3) is 0.167. The first-order chi connectivity index (χ1) is 16.4. The number of aromatic amines is 1. The van der Waals surface area contributed by atoms with Gasteiger partial charge in [-0.25, -0.2) is 15.0 Å². The molecule has 0 aliphatic carbocycles. The van der Waals surface area contributed by atoms with E-state index in [1.807, 2.05) is 36.7 Å². The summed E-state index contributed by atoms with van der Waals surface area (Å²) in [6.07, 6.45) is 3.70. The van der Waals surface area contributed by atoms with Gasteiger partial charge in [0.1, 0.15) is 5.75 Å². The molecule has 2 aromatic carbocycles. The predicted octanol–water partition coefficient (Wildman–Crippen LogP) is 5.70. The molecule has 3 heterocycles. The van der Waals surface area contributed by atoms with Crippen molar-refractivity contribution in [1.82, 2.24) is 29.7 Å². The molecule has 0 aliphatic rings.